The van der Waals surface area contributed by atoms with Gasteiger partial charge >= 0.3 is 6.03 Å². The predicted octanol–water partition coefficient (Wildman–Crippen LogP) is 5.47. The van der Waals surface area contributed by atoms with Gasteiger partial charge in [-0.1, -0.05) is 36.1 Å². The number of fused-ring (bicyclic) bond motifs is 1. The zero-order valence-corrected chi connectivity index (χ0v) is 17.1. The molecule has 1 aliphatic carbocycles. The molecule has 3 aromatic rings. The Hall–Kier alpha value is -2.79. The second-order valence-electron chi connectivity index (χ2n) is 7.72. The normalized spacial score (nSPS) is 14.3. The summed E-state index contributed by atoms with van der Waals surface area (Å²) in [4.78, 5) is 30.5. The SMILES string of the molecule is Cc1ccc2[nH]c(=O)c(CN(C(=O)Nc3ccc(Cl)cc3)C3CCCC3)cc2c1. The summed E-state index contributed by atoms with van der Waals surface area (Å²) in [6.45, 7) is 2.30. The van der Waals surface area contributed by atoms with Gasteiger partial charge in [0, 0.05) is 27.8 Å². The van der Waals surface area contributed by atoms with E-state index in [0.717, 1.165) is 42.1 Å². The Morgan fingerprint density at radius 2 is 1.86 bits per heavy atom. The fraction of sp³-hybridized carbons (Fsp3) is 0.304. The molecule has 1 aromatic heterocycles. The Labute approximate surface area is 174 Å². The van der Waals surface area contributed by atoms with Crippen LogP contribution in [0.2, 0.25) is 5.02 Å². The van der Waals surface area contributed by atoms with Gasteiger partial charge in [-0.15, -0.1) is 0 Å². The number of halogens is 1. The predicted molar refractivity (Wildman–Crippen MR) is 118 cm³/mol. The van der Waals surface area contributed by atoms with Crippen molar-refractivity contribution in [2.45, 2.75) is 45.2 Å². The molecular formula is C23H24ClN3O2. The molecule has 1 fully saturated rings. The Balaban J connectivity index is 1.62. The zero-order valence-electron chi connectivity index (χ0n) is 16.4. The summed E-state index contributed by atoms with van der Waals surface area (Å²) in [7, 11) is 0. The minimum atomic E-state index is -0.192. The molecule has 1 saturated carbocycles. The minimum absolute atomic E-state index is 0.134. The second kappa shape index (κ2) is 8.29. The Kier molecular flexibility index (Phi) is 5.58. The summed E-state index contributed by atoms with van der Waals surface area (Å²) < 4.78 is 0. The molecule has 1 heterocycles. The van der Waals surface area contributed by atoms with Crippen LogP contribution in [0.25, 0.3) is 10.9 Å². The highest BCUT2D eigenvalue weighted by molar-refractivity contribution is 6.30. The van der Waals surface area contributed by atoms with E-state index in [-0.39, 0.29) is 24.2 Å². The van der Waals surface area contributed by atoms with Gasteiger partial charge in [-0.3, -0.25) is 4.79 Å². The van der Waals surface area contributed by atoms with Crippen LogP contribution in [0.1, 0.15) is 36.8 Å². The topological polar surface area (TPSA) is 65.2 Å². The Morgan fingerprint density at radius 3 is 2.59 bits per heavy atom. The Bertz CT molecular complexity index is 1090. The maximum absolute atomic E-state index is 13.1. The fourth-order valence-electron chi connectivity index (χ4n) is 3.98. The number of aromatic amines is 1. The maximum atomic E-state index is 13.1. The number of anilines is 1. The van der Waals surface area contributed by atoms with Gasteiger partial charge in [0.2, 0.25) is 0 Å². The van der Waals surface area contributed by atoms with Crippen molar-refractivity contribution in [1.29, 1.82) is 0 Å². The van der Waals surface area contributed by atoms with Crippen LogP contribution >= 0.6 is 11.6 Å². The molecule has 0 atom stereocenters. The number of urea groups is 1. The molecule has 0 radical (unpaired) electrons. The molecule has 150 valence electrons. The lowest BCUT2D eigenvalue weighted by molar-refractivity contribution is 0.184. The molecule has 0 aliphatic heterocycles. The third-order valence-electron chi connectivity index (χ3n) is 5.54. The maximum Gasteiger partial charge on any atom is 0.322 e. The Morgan fingerprint density at radius 1 is 1.14 bits per heavy atom. The van der Waals surface area contributed by atoms with E-state index in [1.54, 1.807) is 29.2 Å². The number of aryl methyl sites for hydroxylation is 1. The molecule has 0 bridgehead atoms. The van der Waals surface area contributed by atoms with Crippen LogP contribution in [0.5, 0.6) is 0 Å². The molecule has 0 spiro atoms. The molecule has 5 nitrogen and oxygen atoms in total. The molecule has 2 aromatic carbocycles. The van der Waals surface area contributed by atoms with Crippen LogP contribution < -0.4 is 10.9 Å². The number of nitrogens with one attached hydrogen (secondary N) is 2. The van der Waals surface area contributed by atoms with Crippen molar-refractivity contribution in [3.05, 3.63) is 75.0 Å². The molecule has 0 unspecified atom stereocenters. The number of pyridine rings is 1. The highest BCUT2D eigenvalue weighted by Gasteiger charge is 2.27. The summed E-state index contributed by atoms with van der Waals surface area (Å²) >= 11 is 5.94. The lowest BCUT2D eigenvalue weighted by Crippen LogP contribution is -2.42. The van der Waals surface area contributed by atoms with Gasteiger partial charge in [-0.05, 0) is 67.6 Å². The number of amides is 2. The van der Waals surface area contributed by atoms with Crippen molar-refractivity contribution in [2.24, 2.45) is 0 Å². The number of carbonyl (C=O) groups is 1. The molecule has 1 aliphatic rings. The van der Waals surface area contributed by atoms with E-state index < -0.39 is 0 Å². The minimum Gasteiger partial charge on any atom is -0.322 e. The van der Waals surface area contributed by atoms with E-state index in [0.29, 0.717) is 16.3 Å². The van der Waals surface area contributed by atoms with E-state index in [9.17, 15) is 9.59 Å². The third-order valence-corrected chi connectivity index (χ3v) is 5.79. The third kappa shape index (κ3) is 4.46. The standard InChI is InChI=1S/C23H24ClN3O2/c1-15-6-11-21-16(12-15)13-17(22(28)26-21)14-27(20-4-2-3-5-20)23(29)25-19-9-7-18(24)8-10-19/h6-13,20H,2-5,14H2,1H3,(H,25,29)(H,26,28). The smallest absolute Gasteiger partial charge is 0.322 e. The van der Waals surface area contributed by atoms with Gasteiger partial charge in [0.25, 0.3) is 5.56 Å². The fourth-order valence-corrected chi connectivity index (χ4v) is 4.11. The molecule has 4 rings (SSSR count). The number of benzene rings is 2. The van der Waals surface area contributed by atoms with Gasteiger partial charge < -0.3 is 15.2 Å². The number of hydrogen-bond acceptors (Lipinski definition) is 2. The molecule has 2 amide bonds. The second-order valence-corrected chi connectivity index (χ2v) is 8.15. The van der Waals surface area contributed by atoms with E-state index in [4.69, 9.17) is 11.6 Å². The highest BCUT2D eigenvalue weighted by Crippen LogP contribution is 2.26. The van der Waals surface area contributed by atoms with Crippen LogP contribution in [0.3, 0.4) is 0 Å². The molecule has 6 heteroatoms. The number of carbonyl (C=O) groups excluding carboxylic acids is 1. The van der Waals surface area contributed by atoms with Crippen molar-refractivity contribution in [2.75, 3.05) is 5.32 Å². The molecule has 29 heavy (non-hydrogen) atoms. The highest BCUT2D eigenvalue weighted by atomic mass is 35.5. The van der Waals surface area contributed by atoms with Crippen LogP contribution in [0, 0.1) is 6.92 Å². The number of aromatic nitrogens is 1. The van der Waals surface area contributed by atoms with Crippen LogP contribution in [-0.2, 0) is 6.54 Å². The van der Waals surface area contributed by atoms with Gasteiger partial charge in [0.05, 0.1) is 6.54 Å². The van der Waals surface area contributed by atoms with E-state index >= 15 is 0 Å². The van der Waals surface area contributed by atoms with Gasteiger partial charge in [-0.2, -0.15) is 0 Å². The van der Waals surface area contributed by atoms with Gasteiger partial charge in [0.1, 0.15) is 0 Å². The first kappa shape index (κ1) is 19.5. The van der Waals surface area contributed by atoms with E-state index in [1.165, 1.54) is 0 Å². The first-order valence-electron chi connectivity index (χ1n) is 9.95. The summed E-state index contributed by atoms with van der Waals surface area (Å²) in [6, 6.07) is 14.8. The van der Waals surface area contributed by atoms with Crippen molar-refractivity contribution in [3.8, 4) is 0 Å². The first-order valence-corrected chi connectivity index (χ1v) is 10.3. The van der Waals surface area contributed by atoms with Crippen LogP contribution in [0.4, 0.5) is 10.5 Å². The van der Waals surface area contributed by atoms with Gasteiger partial charge in [-0.25, -0.2) is 4.79 Å². The lowest BCUT2D eigenvalue weighted by atomic mass is 10.1. The van der Waals surface area contributed by atoms with Gasteiger partial charge in [0.15, 0.2) is 0 Å². The molecular weight excluding hydrogens is 386 g/mol. The molecule has 2 N–H and O–H groups in total. The molecule has 0 saturated heterocycles. The number of H-pyrrole nitrogens is 1. The number of hydrogen-bond donors (Lipinski definition) is 2. The van der Waals surface area contributed by atoms with Crippen LogP contribution in [0.15, 0.2) is 53.3 Å². The van der Waals surface area contributed by atoms with E-state index in [1.807, 2.05) is 31.2 Å². The summed E-state index contributed by atoms with van der Waals surface area (Å²) in [5.41, 5.74) is 3.07. The van der Waals surface area contributed by atoms with E-state index in [2.05, 4.69) is 10.3 Å². The summed E-state index contributed by atoms with van der Waals surface area (Å²) in [5, 5.41) is 4.54. The summed E-state index contributed by atoms with van der Waals surface area (Å²) in [6.07, 6.45) is 4.11. The largest absolute Gasteiger partial charge is 0.322 e. The van der Waals surface area contributed by atoms with Crippen molar-refractivity contribution in [3.63, 3.8) is 0 Å². The van der Waals surface area contributed by atoms with Crippen molar-refractivity contribution in [1.82, 2.24) is 9.88 Å². The average Bonchev–Trinajstić information content (AvgIpc) is 3.22. The van der Waals surface area contributed by atoms with Crippen molar-refractivity contribution < 1.29 is 4.79 Å². The number of nitrogens with zero attached hydrogens (tertiary/aromatic N) is 1. The van der Waals surface area contributed by atoms with Crippen LogP contribution in [-0.4, -0.2) is 22.0 Å². The zero-order chi connectivity index (χ0) is 20.4. The summed E-state index contributed by atoms with van der Waals surface area (Å²) in [5.74, 6) is 0. The average molecular weight is 410 g/mol. The van der Waals surface area contributed by atoms with Crippen molar-refractivity contribution >= 4 is 34.2 Å². The quantitative estimate of drug-likeness (QED) is 0.600. The monoisotopic (exact) mass is 409 g/mol. The number of rotatable bonds is 4. The lowest BCUT2D eigenvalue weighted by Gasteiger charge is -2.29. The first-order chi connectivity index (χ1) is 14.0.